The van der Waals surface area contributed by atoms with Gasteiger partial charge in [-0.25, -0.2) is 0 Å². The van der Waals surface area contributed by atoms with Crippen molar-refractivity contribution < 1.29 is 4.42 Å². The highest BCUT2D eigenvalue weighted by molar-refractivity contribution is 5.86. The van der Waals surface area contributed by atoms with E-state index in [4.69, 9.17) is 10.2 Å². The van der Waals surface area contributed by atoms with Gasteiger partial charge < -0.3 is 15.1 Å². The van der Waals surface area contributed by atoms with Gasteiger partial charge in [0.25, 0.3) is 6.01 Å². The number of nitrogen functional groups attached to an aromatic ring is 1. The summed E-state index contributed by atoms with van der Waals surface area (Å²) in [6.07, 6.45) is 1.19. The van der Waals surface area contributed by atoms with Crippen LogP contribution in [0.4, 0.5) is 11.7 Å². The summed E-state index contributed by atoms with van der Waals surface area (Å²) in [5.74, 6) is 1.45. The molecule has 2 aromatic rings. The second-order valence-electron chi connectivity index (χ2n) is 5.38. The Morgan fingerprint density at radius 3 is 2.89 bits per heavy atom. The van der Waals surface area contributed by atoms with Crippen LogP contribution in [-0.4, -0.2) is 18.1 Å². The first-order valence-electron chi connectivity index (χ1n) is 6.55. The lowest BCUT2D eigenvalue weighted by Crippen LogP contribution is -2.38. The van der Waals surface area contributed by atoms with Gasteiger partial charge >= 0.3 is 0 Å². The van der Waals surface area contributed by atoms with Crippen LogP contribution >= 0.6 is 0 Å². The van der Waals surface area contributed by atoms with E-state index in [0.29, 0.717) is 17.6 Å². The molecule has 2 heterocycles. The smallest absolute Gasteiger partial charge is 0.298 e. The van der Waals surface area contributed by atoms with E-state index < -0.39 is 0 Å². The fraction of sp³-hybridized carbons (Fsp3) is 0.500. The maximum absolute atomic E-state index is 5.91. The minimum atomic E-state index is 0.672. The Labute approximate surface area is 107 Å². The number of aromatic nitrogens is 1. The van der Waals surface area contributed by atoms with Gasteiger partial charge in [-0.1, -0.05) is 19.9 Å². The Balaban J connectivity index is 1.93. The third kappa shape index (κ3) is 1.82. The summed E-state index contributed by atoms with van der Waals surface area (Å²) in [4.78, 5) is 6.76. The van der Waals surface area contributed by atoms with Gasteiger partial charge in [0.05, 0.1) is 5.69 Å². The molecule has 1 aliphatic rings. The molecule has 0 bridgehead atoms. The fourth-order valence-electron chi connectivity index (χ4n) is 2.53. The number of hydrogen-bond donors (Lipinski definition) is 1. The molecule has 2 N–H and O–H groups in total. The van der Waals surface area contributed by atoms with Crippen molar-refractivity contribution >= 4 is 22.8 Å². The van der Waals surface area contributed by atoms with E-state index in [1.54, 1.807) is 0 Å². The van der Waals surface area contributed by atoms with Crippen LogP contribution in [0.25, 0.3) is 11.1 Å². The molecule has 3 rings (SSSR count). The summed E-state index contributed by atoms with van der Waals surface area (Å²) < 4.78 is 5.81. The number of nitrogens with zero attached hydrogens (tertiary/aromatic N) is 2. The number of rotatable bonds is 1. The topological polar surface area (TPSA) is 55.3 Å². The van der Waals surface area contributed by atoms with Crippen LogP contribution in [-0.2, 0) is 0 Å². The number of nitrogens with two attached hydrogens (primary N) is 1. The highest BCUT2D eigenvalue weighted by Crippen LogP contribution is 2.30. The fourth-order valence-corrected chi connectivity index (χ4v) is 2.53. The number of hydrogen-bond acceptors (Lipinski definition) is 4. The van der Waals surface area contributed by atoms with Crippen LogP contribution in [0.3, 0.4) is 0 Å². The Morgan fingerprint density at radius 1 is 1.33 bits per heavy atom. The Bertz CT molecular complexity index is 563. The van der Waals surface area contributed by atoms with E-state index in [9.17, 15) is 0 Å². The average Bonchev–Trinajstić information content (AvgIpc) is 2.78. The second kappa shape index (κ2) is 4.19. The van der Waals surface area contributed by atoms with E-state index in [2.05, 4.69) is 23.7 Å². The second-order valence-corrected chi connectivity index (χ2v) is 5.38. The van der Waals surface area contributed by atoms with Gasteiger partial charge in [-0.05, 0) is 30.4 Å². The summed E-state index contributed by atoms with van der Waals surface area (Å²) in [5, 5.41) is 0. The zero-order valence-corrected chi connectivity index (χ0v) is 10.9. The predicted octanol–water partition coefficient (Wildman–Crippen LogP) is 2.89. The number of anilines is 2. The highest BCUT2D eigenvalue weighted by atomic mass is 16.4. The number of benzene rings is 1. The van der Waals surface area contributed by atoms with Gasteiger partial charge in [0.1, 0.15) is 5.52 Å². The third-order valence-electron chi connectivity index (χ3n) is 4.04. The number of piperidine rings is 1. The summed E-state index contributed by atoms with van der Waals surface area (Å²) in [5.41, 5.74) is 8.14. The van der Waals surface area contributed by atoms with Crippen molar-refractivity contribution in [3.8, 4) is 0 Å². The van der Waals surface area contributed by atoms with Crippen molar-refractivity contribution in [2.75, 3.05) is 23.7 Å². The van der Waals surface area contributed by atoms with Crippen LogP contribution < -0.4 is 10.6 Å². The van der Waals surface area contributed by atoms with Crippen LogP contribution in [0, 0.1) is 11.8 Å². The number of fused-ring (bicyclic) bond motifs is 1. The minimum absolute atomic E-state index is 0.672. The first kappa shape index (κ1) is 11.4. The van der Waals surface area contributed by atoms with Crippen molar-refractivity contribution in [1.82, 2.24) is 4.98 Å². The van der Waals surface area contributed by atoms with Crippen molar-refractivity contribution in [2.24, 2.45) is 11.8 Å². The van der Waals surface area contributed by atoms with Crippen molar-refractivity contribution in [2.45, 2.75) is 20.3 Å². The largest absolute Gasteiger partial charge is 0.423 e. The Hall–Kier alpha value is -1.71. The molecule has 1 saturated heterocycles. The standard InChI is InChI=1S/C14H19N3O/c1-9-6-7-17(8-10(9)2)14-16-13-11(15)4-3-5-12(13)18-14/h3-5,9-10H,6-8,15H2,1-2H3. The molecule has 1 aromatic carbocycles. The van der Waals surface area contributed by atoms with Crippen molar-refractivity contribution in [3.63, 3.8) is 0 Å². The van der Waals surface area contributed by atoms with Gasteiger partial charge in [-0.15, -0.1) is 0 Å². The first-order valence-corrected chi connectivity index (χ1v) is 6.55. The van der Waals surface area contributed by atoms with Crippen LogP contribution in [0.5, 0.6) is 0 Å². The van der Waals surface area contributed by atoms with Crippen LogP contribution in [0.2, 0.25) is 0 Å². The minimum Gasteiger partial charge on any atom is -0.423 e. The van der Waals surface area contributed by atoms with E-state index in [1.807, 2.05) is 18.2 Å². The molecule has 96 valence electrons. The molecular weight excluding hydrogens is 226 g/mol. The zero-order chi connectivity index (χ0) is 12.7. The lowest BCUT2D eigenvalue weighted by atomic mass is 9.89. The predicted molar refractivity (Wildman–Crippen MR) is 73.6 cm³/mol. The zero-order valence-electron chi connectivity index (χ0n) is 10.9. The maximum Gasteiger partial charge on any atom is 0.298 e. The normalized spacial score (nSPS) is 24.7. The summed E-state index contributed by atoms with van der Waals surface area (Å²) in [6.45, 7) is 6.62. The summed E-state index contributed by atoms with van der Waals surface area (Å²) >= 11 is 0. The Morgan fingerprint density at radius 2 is 2.17 bits per heavy atom. The average molecular weight is 245 g/mol. The SMILES string of the molecule is CC1CCN(c2nc3c(N)cccc3o2)CC1C. The molecule has 2 atom stereocenters. The summed E-state index contributed by atoms with van der Waals surface area (Å²) in [7, 11) is 0. The van der Waals surface area contributed by atoms with Crippen molar-refractivity contribution in [1.29, 1.82) is 0 Å². The van der Waals surface area contributed by atoms with Gasteiger partial charge in [0.15, 0.2) is 5.58 Å². The lowest BCUT2D eigenvalue weighted by Gasteiger charge is -2.34. The van der Waals surface area contributed by atoms with E-state index >= 15 is 0 Å². The van der Waals surface area contributed by atoms with Gasteiger partial charge in [0.2, 0.25) is 0 Å². The van der Waals surface area contributed by atoms with Crippen LogP contribution in [0.15, 0.2) is 22.6 Å². The Kier molecular flexibility index (Phi) is 2.65. The van der Waals surface area contributed by atoms with Gasteiger partial charge in [-0.2, -0.15) is 4.98 Å². The molecule has 1 fully saturated rings. The first-order chi connectivity index (χ1) is 8.65. The van der Waals surface area contributed by atoms with Crippen LogP contribution in [0.1, 0.15) is 20.3 Å². The molecule has 2 unspecified atom stereocenters. The third-order valence-corrected chi connectivity index (χ3v) is 4.04. The molecule has 0 aliphatic carbocycles. The molecular formula is C14H19N3O. The number of oxazole rings is 1. The highest BCUT2D eigenvalue weighted by Gasteiger charge is 2.25. The summed E-state index contributed by atoms with van der Waals surface area (Å²) in [6, 6.07) is 6.38. The van der Waals surface area contributed by atoms with E-state index in [0.717, 1.165) is 30.1 Å². The van der Waals surface area contributed by atoms with Crippen molar-refractivity contribution in [3.05, 3.63) is 18.2 Å². The molecule has 0 spiro atoms. The maximum atomic E-state index is 5.91. The number of para-hydroxylation sites is 1. The molecule has 1 aliphatic heterocycles. The molecule has 0 amide bonds. The molecule has 1 aromatic heterocycles. The molecule has 0 radical (unpaired) electrons. The van der Waals surface area contributed by atoms with E-state index in [1.165, 1.54) is 6.42 Å². The molecule has 4 heteroatoms. The lowest BCUT2D eigenvalue weighted by molar-refractivity contribution is 0.314. The molecule has 18 heavy (non-hydrogen) atoms. The van der Waals surface area contributed by atoms with E-state index in [-0.39, 0.29) is 0 Å². The quantitative estimate of drug-likeness (QED) is 0.785. The van der Waals surface area contributed by atoms with Gasteiger partial charge in [0, 0.05) is 13.1 Å². The monoisotopic (exact) mass is 245 g/mol. The molecule has 0 saturated carbocycles. The molecule has 4 nitrogen and oxygen atoms in total. The van der Waals surface area contributed by atoms with Gasteiger partial charge in [-0.3, -0.25) is 0 Å².